The molecule has 1 amide bonds. The summed E-state index contributed by atoms with van der Waals surface area (Å²) < 4.78 is 0. The summed E-state index contributed by atoms with van der Waals surface area (Å²) in [4.78, 5) is 21.6. The Kier molecular flexibility index (Phi) is 5.97. The summed E-state index contributed by atoms with van der Waals surface area (Å²) in [6.45, 7) is 2.18. The lowest BCUT2D eigenvalue weighted by Gasteiger charge is -2.25. The van der Waals surface area contributed by atoms with Gasteiger partial charge in [-0.15, -0.1) is 0 Å². The average Bonchev–Trinajstić information content (AvgIpc) is 2.66. The summed E-state index contributed by atoms with van der Waals surface area (Å²) >= 11 is 0. The molecule has 3 rings (SSSR count). The van der Waals surface area contributed by atoms with Crippen LogP contribution in [0.15, 0.2) is 66.9 Å². The Labute approximate surface area is 155 Å². The second-order valence-corrected chi connectivity index (χ2v) is 6.77. The van der Waals surface area contributed by atoms with E-state index in [2.05, 4.69) is 22.0 Å². The fourth-order valence-corrected chi connectivity index (χ4v) is 3.00. The Morgan fingerprint density at radius 3 is 2.46 bits per heavy atom. The molecule has 0 radical (unpaired) electrons. The fourth-order valence-electron chi connectivity index (χ4n) is 3.00. The molecule has 0 aliphatic rings. The van der Waals surface area contributed by atoms with Gasteiger partial charge in [-0.1, -0.05) is 54.6 Å². The van der Waals surface area contributed by atoms with Crippen molar-refractivity contribution < 1.29 is 4.79 Å². The van der Waals surface area contributed by atoms with Crippen LogP contribution in [0.4, 0.5) is 0 Å². The Morgan fingerprint density at radius 1 is 0.923 bits per heavy atom. The standard InChI is InChI=1S/C22H25N3O/c1-24(2)14-15-25(17-18-8-4-3-5-9-18)21(26)16-20-11-6-10-19-12-7-13-23-22(19)20/h3-13H,14-17H2,1-2H3. The van der Waals surface area contributed by atoms with Gasteiger partial charge in [-0.3, -0.25) is 9.78 Å². The number of pyridine rings is 1. The SMILES string of the molecule is CN(C)CCN(Cc1ccccc1)C(=O)Cc1cccc2cccnc12. The summed E-state index contributed by atoms with van der Waals surface area (Å²) in [5, 5.41) is 1.07. The van der Waals surface area contributed by atoms with Crippen LogP contribution >= 0.6 is 0 Å². The minimum absolute atomic E-state index is 0.133. The minimum Gasteiger partial charge on any atom is -0.337 e. The van der Waals surface area contributed by atoms with Crippen LogP contribution in [-0.4, -0.2) is 47.9 Å². The van der Waals surface area contributed by atoms with E-state index in [1.807, 2.05) is 67.5 Å². The summed E-state index contributed by atoms with van der Waals surface area (Å²) in [5.41, 5.74) is 3.04. The minimum atomic E-state index is 0.133. The number of hydrogen-bond acceptors (Lipinski definition) is 3. The first kappa shape index (κ1) is 18.1. The first-order chi connectivity index (χ1) is 12.6. The Balaban J connectivity index is 1.79. The molecular weight excluding hydrogens is 322 g/mol. The van der Waals surface area contributed by atoms with E-state index < -0.39 is 0 Å². The number of hydrogen-bond donors (Lipinski definition) is 0. The predicted octanol–water partition coefficient (Wildman–Crippen LogP) is 3.37. The van der Waals surface area contributed by atoms with E-state index in [4.69, 9.17) is 0 Å². The maximum atomic E-state index is 13.1. The van der Waals surface area contributed by atoms with Gasteiger partial charge in [0.1, 0.15) is 0 Å². The molecule has 2 aromatic carbocycles. The van der Waals surface area contributed by atoms with Crippen molar-refractivity contribution in [2.45, 2.75) is 13.0 Å². The van der Waals surface area contributed by atoms with E-state index in [-0.39, 0.29) is 5.91 Å². The van der Waals surface area contributed by atoms with Crippen LogP contribution in [0.2, 0.25) is 0 Å². The zero-order valence-corrected chi connectivity index (χ0v) is 15.4. The van der Waals surface area contributed by atoms with Crippen molar-refractivity contribution >= 4 is 16.8 Å². The molecule has 0 spiro atoms. The summed E-state index contributed by atoms with van der Waals surface area (Å²) in [5.74, 6) is 0.133. The highest BCUT2D eigenvalue weighted by molar-refractivity contribution is 5.87. The molecule has 134 valence electrons. The lowest BCUT2D eigenvalue weighted by atomic mass is 10.1. The molecule has 0 unspecified atom stereocenters. The van der Waals surface area contributed by atoms with E-state index in [9.17, 15) is 4.79 Å². The molecule has 0 bridgehead atoms. The zero-order chi connectivity index (χ0) is 18.4. The van der Waals surface area contributed by atoms with Crippen molar-refractivity contribution in [3.63, 3.8) is 0 Å². The maximum Gasteiger partial charge on any atom is 0.227 e. The van der Waals surface area contributed by atoms with Gasteiger partial charge < -0.3 is 9.80 Å². The molecule has 1 aromatic heterocycles. The van der Waals surface area contributed by atoms with Crippen molar-refractivity contribution in [3.05, 3.63) is 78.0 Å². The topological polar surface area (TPSA) is 36.4 Å². The van der Waals surface area contributed by atoms with Gasteiger partial charge in [0.15, 0.2) is 0 Å². The molecular formula is C22H25N3O. The van der Waals surface area contributed by atoms with Gasteiger partial charge in [-0.2, -0.15) is 0 Å². The maximum absolute atomic E-state index is 13.1. The Morgan fingerprint density at radius 2 is 1.69 bits per heavy atom. The second-order valence-electron chi connectivity index (χ2n) is 6.77. The van der Waals surface area contributed by atoms with Crippen molar-refractivity contribution in [2.24, 2.45) is 0 Å². The third-order valence-electron chi connectivity index (χ3n) is 4.44. The third kappa shape index (κ3) is 4.67. The molecule has 3 aromatic rings. The zero-order valence-electron chi connectivity index (χ0n) is 15.4. The number of fused-ring (bicyclic) bond motifs is 1. The molecule has 4 heteroatoms. The lowest BCUT2D eigenvalue weighted by Crippen LogP contribution is -2.37. The van der Waals surface area contributed by atoms with Gasteiger partial charge in [0, 0.05) is 31.2 Å². The van der Waals surface area contributed by atoms with Gasteiger partial charge in [0.2, 0.25) is 5.91 Å². The summed E-state index contributed by atoms with van der Waals surface area (Å²) in [6.07, 6.45) is 2.15. The molecule has 1 heterocycles. The van der Waals surface area contributed by atoms with Crippen LogP contribution in [0.1, 0.15) is 11.1 Å². The van der Waals surface area contributed by atoms with E-state index in [1.165, 1.54) is 0 Å². The molecule has 0 aliphatic carbocycles. The molecule has 26 heavy (non-hydrogen) atoms. The normalized spacial score (nSPS) is 11.0. The van der Waals surface area contributed by atoms with E-state index in [1.54, 1.807) is 6.20 Å². The lowest BCUT2D eigenvalue weighted by molar-refractivity contribution is -0.131. The quantitative estimate of drug-likeness (QED) is 0.657. The van der Waals surface area contributed by atoms with Gasteiger partial charge >= 0.3 is 0 Å². The average molecular weight is 347 g/mol. The fraction of sp³-hybridized carbons (Fsp3) is 0.273. The van der Waals surface area contributed by atoms with Gasteiger partial charge in [0.25, 0.3) is 0 Å². The van der Waals surface area contributed by atoms with Gasteiger partial charge in [-0.25, -0.2) is 0 Å². The smallest absolute Gasteiger partial charge is 0.227 e. The van der Waals surface area contributed by atoms with Crippen molar-refractivity contribution in [2.75, 3.05) is 27.2 Å². The number of carbonyl (C=O) groups is 1. The molecule has 0 saturated heterocycles. The number of carbonyl (C=O) groups excluding carboxylic acids is 1. The number of likely N-dealkylation sites (N-methyl/N-ethyl adjacent to an activating group) is 1. The molecule has 0 saturated carbocycles. The predicted molar refractivity (Wildman–Crippen MR) is 106 cm³/mol. The number of amides is 1. The number of aromatic nitrogens is 1. The van der Waals surface area contributed by atoms with Gasteiger partial charge in [0.05, 0.1) is 11.9 Å². The highest BCUT2D eigenvalue weighted by Crippen LogP contribution is 2.17. The highest BCUT2D eigenvalue weighted by Gasteiger charge is 2.16. The van der Waals surface area contributed by atoms with Crippen molar-refractivity contribution in [1.82, 2.24) is 14.8 Å². The van der Waals surface area contributed by atoms with Crippen LogP contribution < -0.4 is 0 Å². The van der Waals surface area contributed by atoms with Gasteiger partial charge in [-0.05, 0) is 31.3 Å². The monoisotopic (exact) mass is 347 g/mol. The molecule has 0 fully saturated rings. The van der Waals surface area contributed by atoms with Crippen LogP contribution in [0.5, 0.6) is 0 Å². The number of nitrogens with zero attached hydrogens (tertiary/aromatic N) is 3. The second kappa shape index (κ2) is 8.59. The largest absolute Gasteiger partial charge is 0.337 e. The van der Waals surface area contributed by atoms with E-state index in [0.717, 1.165) is 28.6 Å². The molecule has 0 aliphatic heterocycles. The highest BCUT2D eigenvalue weighted by atomic mass is 16.2. The van der Waals surface area contributed by atoms with Crippen molar-refractivity contribution in [1.29, 1.82) is 0 Å². The Bertz CT molecular complexity index is 856. The van der Waals surface area contributed by atoms with E-state index >= 15 is 0 Å². The summed E-state index contributed by atoms with van der Waals surface area (Å²) in [6, 6.07) is 20.1. The van der Waals surface area contributed by atoms with Crippen LogP contribution in [0, 0.1) is 0 Å². The number of para-hydroxylation sites is 1. The van der Waals surface area contributed by atoms with Crippen LogP contribution in [0.25, 0.3) is 10.9 Å². The molecule has 0 atom stereocenters. The molecule has 0 N–H and O–H groups in total. The Hall–Kier alpha value is -2.72. The first-order valence-corrected chi connectivity index (χ1v) is 8.92. The van der Waals surface area contributed by atoms with Crippen LogP contribution in [0.3, 0.4) is 0 Å². The molecule has 4 nitrogen and oxygen atoms in total. The van der Waals surface area contributed by atoms with Crippen LogP contribution in [-0.2, 0) is 17.8 Å². The summed E-state index contributed by atoms with van der Waals surface area (Å²) in [7, 11) is 4.06. The van der Waals surface area contributed by atoms with E-state index in [0.29, 0.717) is 19.5 Å². The third-order valence-corrected chi connectivity index (χ3v) is 4.44. The number of rotatable bonds is 7. The number of benzene rings is 2. The van der Waals surface area contributed by atoms with Crippen molar-refractivity contribution in [3.8, 4) is 0 Å². The first-order valence-electron chi connectivity index (χ1n) is 8.92.